The SMILES string of the molecule is Cc1cccc(C)c1OCCN1C(=O)[C@@H]2CCCN2C1=O. The van der Waals surface area contributed by atoms with Gasteiger partial charge in [-0.3, -0.25) is 9.69 Å². The van der Waals surface area contributed by atoms with Gasteiger partial charge in [0.1, 0.15) is 18.4 Å². The number of amides is 3. The normalized spacial score (nSPS) is 21.1. The highest BCUT2D eigenvalue weighted by molar-refractivity contribution is 6.04. The van der Waals surface area contributed by atoms with E-state index in [1.807, 2.05) is 32.0 Å². The summed E-state index contributed by atoms with van der Waals surface area (Å²) in [5.74, 6) is 0.778. The van der Waals surface area contributed by atoms with Crippen LogP contribution in [0.1, 0.15) is 24.0 Å². The maximum atomic E-state index is 12.2. The van der Waals surface area contributed by atoms with Gasteiger partial charge in [-0.15, -0.1) is 0 Å². The van der Waals surface area contributed by atoms with E-state index in [0.717, 1.165) is 29.7 Å². The number of hydrogen-bond donors (Lipinski definition) is 0. The molecule has 1 aromatic rings. The Balaban J connectivity index is 1.61. The van der Waals surface area contributed by atoms with E-state index in [4.69, 9.17) is 4.74 Å². The molecule has 2 saturated heterocycles. The third-order valence-corrected chi connectivity index (χ3v) is 4.25. The van der Waals surface area contributed by atoms with Crippen molar-refractivity contribution in [1.82, 2.24) is 9.80 Å². The largest absolute Gasteiger partial charge is 0.491 e. The Labute approximate surface area is 124 Å². The summed E-state index contributed by atoms with van der Waals surface area (Å²) >= 11 is 0. The van der Waals surface area contributed by atoms with Crippen LogP contribution in [0.25, 0.3) is 0 Å². The summed E-state index contributed by atoms with van der Waals surface area (Å²) in [6, 6.07) is 5.58. The van der Waals surface area contributed by atoms with Crippen molar-refractivity contribution in [2.45, 2.75) is 32.7 Å². The molecular formula is C16H20N2O3. The molecule has 0 saturated carbocycles. The monoisotopic (exact) mass is 288 g/mol. The van der Waals surface area contributed by atoms with Gasteiger partial charge in [0, 0.05) is 6.54 Å². The minimum absolute atomic E-state index is 0.0670. The zero-order valence-electron chi connectivity index (χ0n) is 12.5. The van der Waals surface area contributed by atoms with E-state index in [1.54, 1.807) is 4.90 Å². The highest BCUT2D eigenvalue weighted by Gasteiger charge is 2.46. The number of nitrogens with zero attached hydrogens (tertiary/aromatic N) is 2. The summed E-state index contributed by atoms with van der Waals surface area (Å²) in [6.45, 7) is 5.33. The first-order valence-corrected chi connectivity index (χ1v) is 7.40. The van der Waals surface area contributed by atoms with E-state index in [2.05, 4.69) is 0 Å². The first kappa shape index (κ1) is 13.9. The van der Waals surface area contributed by atoms with E-state index < -0.39 is 0 Å². The van der Waals surface area contributed by atoms with Gasteiger partial charge in [-0.1, -0.05) is 18.2 Å². The summed E-state index contributed by atoms with van der Waals surface area (Å²) in [5, 5.41) is 0. The molecule has 21 heavy (non-hydrogen) atoms. The molecule has 3 rings (SSSR count). The quantitative estimate of drug-likeness (QED) is 0.797. The van der Waals surface area contributed by atoms with E-state index in [9.17, 15) is 9.59 Å². The number of aryl methyl sites for hydroxylation is 2. The first-order chi connectivity index (χ1) is 10.1. The lowest BCUT2D eigenvalue weighted by molar-refractivity contribution is -0.128. The zero-order valence-corrected chi connectivity index (χ0v) is 12.5. The Hall–Kier alpha value is -2.04. The maximum absolute atomic E-state index is 12.2. The summed E-state index contributed by atoms with van der Waals surface area (Å²) in [6.07, 6.45) is 1.72. The van der Waals surface area contributed by atoms with Gasteiger partial charge in [0.2, 0.25) is 0 Å². The minimum atomic E-state index is -0.224. The van der Waals surface area contributed by atoms with Crippen molar-refractivity contribution in [3.05, 3.63) is 29.3 Å². The van der Waals surface area contributed by atoms with Crippen LogP contribution in [0.3, 0.4) is 0 Å². The van der Waals surface area contributed by atoms with Crippen molar-refractivity contribution in [3.8, 4) is 5.75 Å². The van der Waals surface area contributed by atoms with Crippen LogP contribution in [-0.4, -0.2) is 47.5 Å². The van der Waals surface area contributed by atoms with Gasteiger partial charge < -0.3 is 9.64 Å². The van der Waals surface area contributed by atoms with Crippen LogP contribution >= 0.6 is 0 Å². The van der Waals surface area contributed by atoms with Gasteiger partial charge in [0.15, 0.2) is 0 Å². The van der Waals surface area contributed by atoms with Crippen molar-refractivity contribution >= 4 is 11.9 Å². The van der Waals surface area contributed by atoms with Crippen molar-refractivity contribution in [1.29, 1.82) is 0 Å². The molecule has 0 spiro atoms. The van der Waals surface area contributed by atoms with Crippen LogP contribution in [0.5, 0.6) is 5.75 Å². The number of carbonyl (C=O) groups is 2. The Morgan fingerprint density at radius 2 is 1.95 bits per heavy atom. The van der Waals surface area contributed by atoms with Gasteiger partial charge in [-0.05, 0) is 37.8 Å². The summed E-state index contributed by atoms with van der Waals surface area (Å²) < 4.78 is 5.78. The number of para-hydroxylation sites is 1. The summed E-state index contributed by atoms with van der Waals surface area (Å²) in [4.78, 5) is 27.3. The fraction of sp³-hybridized carbons (Fsp3) is 0.500. The smallest absolute Gasteiger partial charge is 0.327 e. The van der Waals surface area contributed by atoms with Crippen molar-refractivity contribution in [3.63, 3.8) is 0 Å². The molecule has 0 N–H and O–H groups in total. The molecule has 2 fully saturated rings. The fourth-order valence-corrected chi connectivity index (χ4v) is 3.15. The van der Waals surface area contributed by atoms with Gasteiger partial charge in [0.05, 0.1) is 6.54 Å². The summed E-state index contributed by atoms with van der Waals surface area (Å²) in [5.41, 5.74) is 2.13. The average Bonchev–Trinajstić information content (AvgIpc) is 3.01. The molecule has 2 aliphatic rings. The molecule has 5 nitrogen and oxygen atoms in total. The van der Waals surface area contributed by atoms with Crippen LogP contribution < -0.4 is 4.74 Å². The fourth-order valence-electron chi connectivity index (χ4n) is 3.15. The molecule has 2 aliphatic heterocycles. The molecular weight excluding hydrogens is 268 g/mol. The van der Waals surface area contributed by atoms with Crippen molar-refractivity contribution < 1.29 is 14.3 Å². The predicted molar refractivity (Wildman–Crippen MR) is 78.2 cm³/mol. The molecule has 2 heterocycles. The standard InChI is InChI=1S/C16H20N2O3/c1-11-5-3-6-12(2)14(11)21-10-9-18-15(19)13-7-4-8-17(13)16(18)20/h3,5-6,13H,4,7-10H2,1-2H3/t13-/m0/s1. The Morgan fingerprint density at radius 1 is 1.24 bits per heavy atom. The lowest BCUT2D eigenvalue weighted by Crippen LogP contribution is -2.36. The van der Waals surface area contributed by atoms with Crippen LogP contribution in [0.2, 0.25) is 0 Å². The highest BCUT2D eigenvalue weighted by Crippen LogP contribution is 2.27. The number of ether oxygens (including phenoxy) is 1. The number of imide groups is 1. The molecule has 0 aromatic heterocycles. The average molecular weight is 288 g/mol. The lowest BCUT2D eigenvalue weighted by atomic mass is 10.1. The Bertz CT molecular complexity index is 543. The Kier molecular flexibility index (Phi) is 3.57. The maximum Gasteiger partial charge on any atom is 0.327 e. The summed E-state index contributed by atoms with van der Waals surface area (Å²) in [7, 11) is 0. The molecule has 3 amide bonds. The second-order valence-electron chi connectivity index (χ2n) is 5.69. The molecule has 1 atom stereocenters. The Morgan fingerprint density at radius 3 is 2.62 bits per heavy atom. The molecule has 0 unspecified atom stereocenters. The topological polar surface area (TPSA) is 49.9 Å². The van der Waals surface area contributed by atoms with Crippen LogP contribution in [0, 0.1) is 13.8 Å². The van der Waals surface area contributed by atoms with Crippen LogP contribution in [0.4, 0.5) is 4.79 Å². The van der Waals surface area contributed by atoms with E-state index in [-0.39, 0.29) is 18.0 Å². The minimum Gasteiger partial charge on any atom is -0.491 e. The molecule has 0 aliphatic carbocycles. The third-order valence-electron chi connectivity index (χ3n) is 4.25. The van der Waals surface area contributed by atoms with Gasteiger partial charge in [-0.25, -0.2) is 4.79 Å². The van der Waals surface area contributed by atoms with Crippen molar-refractivity contribution in [2.24, 2.45) is 0 Å². The van der Waals surface area contributed by atoms with E-state index in [0.29, 0.717) is 19.7 Å². The molecule has 0 radical (unpaired) electrons. The third kappa shape index (κ3) is 2.37. The molecule has 0 bridgehead atoms. The number of rotatable bonds is 4. The molecule has 5 heteroatoms. The first-order valence-electron chi connectivity index (χ1n) is 7.40. The number of benzene rings is 1. The molecule has 112 valence electrons. The molecule has 1 aromatic carbocycles. The second kappa shape index (κ2) is 5.39. The van der Waals surface area contributed by atoms with Crippen LogP contribution in [-0.2, 0) is 4.79 Å². The highest BCUT2D eigenvalue weighted by atomic mass is 16.5. The van der Waals surface area contributed by atoms with Crippen LogP contribution in [0.15, 0.2) is 18.2 Å². The zero-order chi connectivity index (χ0) is 15.0. The van der Waals surface area contributed by atoms with E-state index >= 15 is 0 Å². The second-order valence-corrected chi connectivity index (χ2v) is 5.69. The number of hydrogen-bond acceptors (Lipinski definition) is 3. The lowest BCUT2D eigenvalue weighted by Gasteiger charge is -2.17. The predicted octanol–water partition coefficient (Wildman–Crippen LogP) is 2.11. The van der Waals surface area contributed by atoms with E-state index in [1.165, 1.54) is 4.90 Å². The number of carbonyl (C=O) groups excluding carboxylic acids is 2. The van der Waals surface area contributed by atoms with Crippen molar-refractivity contribution in [2.75, 3.05) is 19.7 Å². The van der Waals surface area contributed by atoms with Gasteiger partial charge in [0.25, 0.3) is 5.91 Å². The van der Waals surface area contributed by atoms with Gasteiger partial charge in [-0.2, -0.15) is 0 Å². The number of urea groups is 1. The number of fused-ring (bicyclic) bond motifs is 1. The van der Waals surface area contributed by atoms with Gasteiger partial charge >= 0.3 is 6.03 Å².